The third kappa shape index (κ3) is 2.24. The normalized spacial score (nSPS) is 30.0. The van der Waals surface area contributed by atoms with E-state index in [1.54, 1.807) is 12.1 Å². The van der Waals surface area contributed by atoms with Crippen LogP contribution in [0.5, 0.6) is 5.75 Å². The van der Waals surface area contributed by atoms with Crippen LogP contribution in [-0.2, 0) is 9.59 Å². The van der Waals surface area contributed by atoms with Crippen molar-refractivity contribution in [3.63, 3.8) is 0 Å². The predicted molar refractivity (Wildman–Crippen MR) is 94.1 cm³/mol. The number of aliphatic hydroxyl groups is 2. The Kier molecular flexibility index (Phi) is 3.66. The molecule has 0 radical (unpaired) electrons. The van der Waals surface area contributed by atoms with E-state index in [-0.39, 0.29) is 46.7 Å². The number of aromatic hydroxyl groups is 1. The van der Waals surface area contributed by atoms with Crippen molar-refractivity contribution < 1.29 is 29.7 Å². The number of hydrogen-bond acceptors (Lipinski definition) is 6. The van der Waals surface area contributed by atoms with Crippen LogP contribution >= 0.6 is 0 Å². The van der Waals surface area contributed by atoms with Crippen LogP contribution in [0.2, 0.25) is 0 Å². The lowest BCUT2D eigenvalue weighted by Gasteiger charge is -2.43. The Bertz CT molecular complexity index is 973. The standard InChI is InChI=1S/C20H19NO6/c1-7-9-3-2-4-11(22)14(9)19(26)15-10(7)5-8-6-12(23)16(20(21)27)18(25)13(8)17(15)24/h2-4,7-8,10,13,22-24H,5-6H2,1H3,(H2,21,27)/t7-,8?,10?,13?/m0/s1. The van der Waals surface area contributed by atoms with Gasteiger partial charge in [-0.25, -0.2) is 0 Å². The number of amides is 1. The molecule has 4 rings (SSSR count). The first-order valence-electron chi connectivity index (χ1n) is 8.79. The molecule has 3 aliphatic carbocycles. The van der Waals surface area contributed by atoms with Gasteiger partial charge >= 0.3 is 0 Å². The van der Waals surface area contributed by atoms with Crippen molar-refractivity contribution in [2.45, 2.75) is 25.7 Å². The van der Waals surface area contributed by atoms with E-state index < -0.39 is 34.9 Å². The summed E-state index contributed by atoms with van der Waals surface area (Å²) in [5, 5.41) is 31.1. The van der Waals surface area contributed by atoms with Gasteiger partial charge in [-0.05, 0) is 35.8 Å². The van der Waals surface area contributed by atoms with E-state index in [1.165, 1.54) is 6.07 Å². The SMILES string of the molecule is C[C@H]1c2cccc(O)c2C(=O)C2=C(O)C3C(=O)C(C(N)=O)=C(O)CC3CC21. The van der Waals surface area contributed by atoms with E-state index >= 15 is 0 Å². The maximum Gasteiger partial charge on any atom is 0.255 e. The van der Waals surface area contributed by atoms with Crippen LogP contribution in [0.1, 0.15) is 41.6 Å². The van der Waals surface area contributed by atoms with Gasteiger partial charge in [0.15, 0.2) is 11.6 Å². The zero-order valence-electron chi connectivity index (χ0n) is 14.6. The minimum absolute atomic E-state index is 0.0380. The fourth-order valence-electron chi connectivity index (χ4n) is 4.89. The number of rotatable bonds is 1. The van der Waals surface area contributed by atoms with E-state index in [2.05, 4.69) is 0 Å². The maximum absolute atomic E-state index is 13.0. The fraction of sp³-hybridized carbons (Fsp3) is 0.350. The van der Waals surface area contributed by atoms with E-state index in [0.717, 1.165) is 0 Å². The summed E-state index contributed by atoms with van der Waals surface area (Å²) in [7, 11) is 0. The van der Waals surface area contributed by atoms with Crippen LogP contribution in [-0.4, -0.2) is 32.8 Å². The number of carbonyl (C=O) groups is 3. The van der Waals surface area contributed by atoms with Crippen molar-refractivity contribution in [1.82, 2.24) is 0 Å². The number of fused-ring (bicyclic) bond motifs is 3. The van der Waals surface area contributed by atoms with E-state index in [1.807, 2.05) is 6.92 Å². The lowest BCUT2D eigenvalue weighted by atomic mass is 9.60. The average Bonchev–Trinajstić information content (AvgIpc) is 2.58. The molecule has 0 fully saturated rings. The summed E-state index contributed by atoms with van der Waals surface area (Å²) >= 11 is 0. The molecule has 0 saturated heterocycles. The number of benzene rings is 1. The second-order valence-corrected chi connectivity index (χ2v) is 7.49. The highest BCUT2D eigenvalue weighted by Gasteiger charge is 2.51. The van der Waals surface area contributed by atoms with Crippen molar-refractivity contribution in [3.8, 4) is 5.75 Å². The smallest absolute Gasteiger partial charge is 0.255 e. The molecule has 0 aromatic heterocycles. The second kappa shape index (κ2) is 5.70. The molecule has 3 unspecified atom stereocenters. The van der Waals surface area contributed by atoms with Crippen molar-refractivity contribution in [1.29, 1.82) is 0 Å². The molecule has 0 heterocycles. The van der Waals surface area contributed by atoms with Crippen molar-refractivity contribution in [2.24, 2.45) is 23.5 Å². The van der Waals surface area contributed by atoms with Crippen molar-refractivity contribution in [2.75, 3.05) is 0 Å². The van der Waals surface area contributed by atoms with Gasteiger partial charge in [0.05, 0.1) is 11.5 Å². The Hall–Kier alpha value is -3.09. The molecule has 1 aromatic rings. The number of allylic oxidation sites excluding steroid dienone is 3. The minimum Gasteiger partial charge on any atom is -0.511 e. The number of phenols is 1. The maximum atomic E-state index is 13.0. The molecule has 0 aliphatic heterocycles. The van der Waals surface area contributed by atoms with E-state index in [4.69, 9.17) is 5.73 Å². The van der Waals surface area contributed by atoms with Gasteiger partial charge in [0.2, 0.25) is 0 Å². The Morgan fingerprint density at radius 2 is 1.89 bits per heavy atom. The topological polar surface area (TPSA) is 138 Å². The van der Waals surface area contributed by atoms with E-state index in [9.17, 15) is 29.7 Å². The summed E-state index contributed by atoms with van der Waals surface area (Å²) in [6, 6.07) is 4.84. The lowest BCUT2D eigenvalue weighted by molar-refractivity contribution is -0.126. The van der Waals surface area contributed by atoms with Gasteiger partial charge in [0, 0.05) is 12.0 Å². The van der Waals surface area contributed by atoms with Crippen LogP contribution in [0.15, 0.2) is 40.9 Å². The number of aliphatic hydroxyl groups excluding tert-OH is 2. The number of phenolic OH excluding ortho intramolecular Hbond substituents is 1. The third-order valence-corrected chi connectivity index (χ3v) is 6.13. The molecular weight excluding hydrogens is 350 g/mol. The molecule has 3 aliphatic rings. The second-order valence-electron chi connectivity index (χ2n) is 7.49. The van der Waals surface area contributed by atoms with Gasteiger partial charge in [0.25, 0.3) is 5.91 Å². The van der Waals surface area contributed by atoms with E-state index in [0.29, 0.717) is 12.0 Å². The molecule has 4 atom stereocenters. The number of hydrogen-bond donors (Lipinski definition) is 4. The molecule has 5 N–H and O–H groups in total. The molecule has 0 bridgehead atoms. The monoisotopic (exact) mass is 369 g/mol. The lowest BCUT2D eigenvalue weighted by Crippen LogP contribution is -2.44. The van der Waals surface area contributed by atoms with Crippen LogP contribution in [0.4, 0.5) is 0 Å². The summed E-state index contributed by atoms with van der Waals surface area (Å²) in [6.07, 6.45) is 0.435. The quantitative estimate of drug-likeness (QED) is 0.559. The Morgan fingerprint density at radius 1 is 1.19 bits per heavy atom. The Labute approximate surface area is 154 Å². The summed E-state index contributed by atoms with van der Waals surface area (Å²) in [5.74, 6) is -5.25. The Morgan fingerprint density at radius 3 is 2.56 bits per heavy atom. The van der Waals surface area contributed by atoms with Gasteiger partial charge in [-0.15, -0.1) is 0 Å². The van der Waals surface area contributed by atoms with Crippen LogP contribution in [0.3, 0.4) is 0 Å². The largest absolute Gasteiger partial charge is 0.511 e. The molecule has 0 spiro atoms. The van der Waals surface area contributed by atoms with Crippen LogP contribution < -0.4 is 5.73 Å². The van der Waals surface area contributed by atoms with Gasteiger partial charge < -0.3 is 21.1 Å². The van der Waals surface area contributed by atoms with Gasteiger partial charge in [-0.3, -0.25) is 14.4 Å². The molecule has 140 valence electrons. The zero-order chi connectivity index (χ0) is 19.6. The summed E-state index contributed by atoms with van der Waals surface area (Å²) in [6.45, 7) is 1.90. The van der Waals surface area contributed by atoms with Gasteiger partial charge in [0.1, 0.15) is 22.8 Å². The molecule has 27 heavy (non-hydrogen) atoms. The molecule has 1 aromatic carbocycles. The fourth-order valence-corrected chi connectivity index (χ4v) is 4.89. The number of carbonyl (C=O) groups excluding carboxylic acids is 3. The number of ketones is 2. The highest BCUT2D eigenvalue weighted by Crippen LogP contribution is 2.53. The van der Waals surface area contributed by atoms with Crippen molar-refractivity contribution in [3.05, 3.63) is 52.0 Å². The molecule has 1 amide bonds. The van der Waals surface area contributed by atoms with Gasteiger partial charge in [-0.2, -0.15) is 0 Å². The number of primary amides is 1. The first-order chi connectivity index (χ1) is 12.7. The molecular formula is C20H19NO6. The number of nitrogens with two attached hydrogens (primary N) is 1. The zero-order valence-corrected chi connectivity index (χ0v) is 14.6. The van der Waals surface area contributed by atoms with Crippen molar-refractivity contribution >= 4 is 17.5 Å². The third-order valence-electron chi connectivity index (χ3n) is 6.13. The highest BCUT2D eigenvalue weighted by molar-refractivity contribution is 6.22. The first kappa shape index (κ1) is 17.3. The molecule has 7 heteroatoms. The summed E-state index contributed by atoms with van der Waals surface area (Å²) < 4.78 is 0. The van der Waals surface area contributed by atoms with Crippen LogP contribution in [0, 0.1) is 17.8 Å². The van der Waals surface area contributed by atoms with Gasteiger partial charge in [-0.1, -0.05) is 19.1 Å². The minimum atomic E-state index is -1.08. The Balaban J connectivity index is 1.89. The predicted octanol–water partition coefficient (Wildman–Crippen LogP) is 2.03. The molecule has 0 saturated carbocycles. The summed E-state index contributed by atoms with van der Waals surface area (Å²) in [4.78, 5) is 37.3. The summed E-state index contributed by atoms with van der Waals surface area (Å²) in [5.41, 5.74) is 5.63. The number of Topliss-reactive ketones (excluding diaryl/α,β-unsaturated/α-hetero) is 2. The van der Waals surface area contributed by atoms with Crippen LogP contribution in [0.25, 0.3) is 0 Å². The highest BCUT2D eigenvalue weighted by atomic mass is 16.3. The first-order valence-corrected chi connectivity index (χ1v) is 8.79. The average molecular weight is 369 g/mol. The molecule has 7 nitrogen and oxygen atoms in total.